The number of rotatable bonds is 6. The van der Waals surface area contributed by atoms with Crippen molar-refractivity contribution in [2.75, 3.05) is 18.9 Å². The Morgan fingerprint density at radius 2 is 1.92 bits per heavy atom. The SMILES string of the molecule is CCS(=O)(=O)c1ccccc1C(=O)OCC(=O)N1CCCC[C@H]1C(N)=O. The second-order valence-corrected chi connectivity index (χ2v) is 8.22. The van der Waals surface area contributed by atoms with Gasteiger partial charge in [-0.2, -0.15) is 0 Å². The predicted molar refractivity (Wildman–Crippen MR) is 93.0 cm³/mol. The summed E-state index contributed by atoms with van der Waals surface area (Å²) in [6.07, 6.45) is 2.01. The van der Waals surface area contributed by atoms with E-state index in [1.54, 1.807) is 0 Å². The van der Waals surface area contributed by atoms with Crippen LogP contribution < -0.4 is 5.73 Å². The Hall–Kier alpha value is -2.42. The molecule has 1 aliphatic rings. The van der Waals surface area contributed by atoms with Gasteiger partial charge in [0.25, 0.3) is 5.91 Å². The fraction of sp³-hybridized carbons (Fsp3) is 0.471. The summed E-state index contributed by atoms with van der Waals surface area (Å²) in [5.74, 6) is -2.19. The number of hydrogen-bond donors (Lipinski definition) is 1. The molecule has 1 aliphatic heterocycles. The van der Waals surface area contributed by atoms with E-state index in [2.05, 4.69) is 0 Å². The summed E-state index contributed by atoms with van der Waals surface area (Å²) in [4.78, 5) is 37.2. The Morgan fingerprint density at radius 3 is 2.58 bits per heavy atom. The third-order valence-electron chi connectivity index (χ3n) is 4.30. The Bertz CT molecular complexity index is 805. The molecule has 26 heavy (non-hydrogen) atoms. The topological polar surface area (TPSA) is 124 Å². The molecule has 0 unspecified atom stereocenters. The maximum absolute atomic E-state index is 12.3. The summed E-state index contributed by atoms with van der Waals surface area (Å²) in [5.41, 5.74) is 5.20. The van der Waals surface area contributed by atoms with Crippen molar-refractivity contribution in [1.29, 1.82) is 0 Å². The van der Waals surface area contributed by atoms with Crippen molar-refractivity contribution in [1.82, 2.24) is 4.90 Å². The monoisotopic (exact) mass is 382 g/mol. The first-order chi connectivity index (χ1) is 12.3. The van der Waals surface area contributed by atoms with Gasteiger partial charge >= 0.3 is 5.97 Å². The molecule has 1 fully saturated rings. The van der Waals surface area contributed by atoms with E-state index < -0.39 is 40.3 Å². The molecule has 1 aromatic carbocycles. The number of ether oxygens (including phenoxy) is 1. The standard InChI is InChI=1S/C17H22N2O6S/c1-2-26(23,24)14-9-4-3-7-12(14)17(22)25-11-15(20)19-10-6-5-8-13(19)16(18)21/h3-4,7,9,13H,2,5-6,8,10-11H2,1H3,(H2,18,21)/t13-/m0/s1. The van der Waals surface area contributed by atoms with Crippen molar-refractivity contribution >= 4 is 27.6 Å². The molecule has 0 spiro atoms. The van der Waals surface area contributed by atoms with Crippen LogP contribution in [0.1, 0.15) is 36.5 Å². The van der Waals surface area contributed by atoms with Crippen molar-refractivity contribution in [3.05, 3.63) is 29.8 Å². The molecule has 1 aromatic rings. The lowest BCUT2D eigenvalue weighted by Crippen LogP contribution is -2.51. The zero-order valence-corrected chi connectivity index (χ0v) is 15.3. The van der Waals surface area contributed by atoms with Crippen LogP contribution in [0.5, 0.6) is 0 Å². The molecule has 0 bridgehead atoms. The van der Waals surface area contributed by atoms with Gasteiger partial charge in [-0.15, -0.1) is 0 Å². The number of benzene rings is 1. The van der Waals surface area contributed by atoms with Crippen molar-refractivity contribution in [3.63, 3.8) is 0 Å². The average Bonchev–Trinajstić information content (AvgIpc) is 2.65. The highest BCUT2D eigenvalue weighted by Gasteiger charge is 2.31. The number of hydrogen-bond acceptors (Lipinski definition) is 6. The lowest BCUT2D eigenvalue weighted by Gasteiger charge is -2.33. The molecule has 8 nitrogen and oxygen atoms in total. The van der Waals surface area contributed by atoms with E-state index in [0.717, 1.165) is 12.8 Å². The van der Waals surface area contributed by atoms with E-state index in [1.165, 1.54) is 36.1 Å². The van der Waals surface area contributed by atoms with Crippen LogP contribution in [0.2, 0.25) is 0 Å². The number of amides is 2. The maximum Gasteiger partial charge on any atom is 0.339 e. The van der Waals surface area contributed by atoms with Crippen LogP contribution in [0.25, 0.3) is 0 Å². The first-order valence-electron chi connectivity index (χ1n) is 8.35. The number of nitrogens with zero attached hydrogens (tertiary/aromatic N) is 1. The van der Waals surface area contributed by atoms with E-state index in [-0.39, 0.29) is 16.2 Å². The van der Waals surface area contributed by atoms with E-state index in [0.29, 0.717) is 13.0 Å². The van der Waals surface area contributed by atoms with Gasteiger partial charge in [-0.05, 0) is 31.4 Å². The number of sulfone groups is 1. The highest BCUT2D eigenvalue weighted by Crippen LogP contribution is 2.19. The highest BCUT2D eigenvalue weighted by atomic mass is 32.2. The van der Waals surface area contributed by atoms with Crippen LogP contribution in [-0.4, -0.2) is 56.0 Å². The number of carbonyl (C=O) groups excluding carboxylic acids is 3. The minimum absolute atomic E-state index is 0.118. The third-order valence-corrected chi connectivity index (χ3v) is 6.09. The minimum atomic E-state index is -3.61. The van der Waals surface area contributed by atoms with Gasteiger partial charge in [0.1, 0.15) is 6.04 Å². The van der Waals surface area contributed by atoms with E-state index >= 15 is 0 Å². The zero-order valence-electron chi connectivity index (χ0n) is 14.5. The third kappa shape index (κ3) is 4.40. The summed E-state index contributed by atoms with van der Waals surface area (Å²) in [7, 11) is -3.61. The van der Waals surface area contributed by atoms with E-state index in [9.17, 15) is 22.8 Å². The van der Waals surface area contributed by atoms with E-state index in [4.69, 9.17) is 10.5 Å². The van der Waals surface area contributed by atoms with Crippen molar-refractivity contribution in [3.8, 4) is 0 Å². The molecule has 9 heteroatoms. The molecule has 1 atom stereocenters. The largest absolute Gasteiger partial charge is 0.452 e. The molecule has 1 saturated heterocycles. The number of piperidine rings is 1. The van der Waals surface area contributed by atoms with Crippen LogP contribution in [0.4, 0.5) is 0 Å². The van der Waals surface area contributed by atoms with Gasteiger partial charge in [0.15, 0.2) is 16.4 Å². The molecular formula is C17H22N2O6S. The Labute approximate surface area is 152 Å². The molecule has 1 heterocycles. The molecule has 0 radical (unpaired) electrons. The smallest absolute Gasteiger partial charge is 0.339 e. The van der Waals surface area contributed by atoms with Gasteiger partial charge in [-0.3, -0.25) is 9.59 Å². The van der Waals surface area contributed by atoms with Crippen LogP contribution in [0, 0.1) is 0 Å². The summed E-state index contributed by atoms with van der Waals surface area (Å²) < 4.78 is 29.2. The first kappa shape index (κ1) is 19.9. The van der Waals surface area contributed by atoms with Crippen molar-refractivity contribution in [2.45, 2.75) is 37.1 Å². The first-order valence-corrected chi connectivity index (χ1v) is 10.0. The molecular weight excluding hydrogens is 360 g/mol. The van der Waals surface area contributed by atoms with Crippen molar-refractivity contribution < 1.29 is 27.5 Å². The van der Waals surface area contributed by atoms with Gasteiger partial charge in [0.05, 0.1) is 16.2 Å². The van der Waals surface area contributed by atoms with Crippen molar-refractivity contribution in [2.24, 2.45) is 5.73 Å². The quantitative estimate of drug-likeness (QED) is 0.715. The van der Waals surface area contributed by atoms with Crippen LogP contribution in [-0.2, 0) is 24.2 Å². The van der Waals surface area contributed by atoms with Crippen LogP contribution in [0.15, 0.2) is 29.2 Å². The van der Waals surface area contributed by atoms with E-state index in [1.807, 2.05) is 0 Å². The maximum atomic E-state index is 12.3. The van der Waals surface area contributed by atoms with Crippen LogP contribution >= 0.6 is 0 Å². The van der Waals surface area contributed by atoms with Gasteiger partial charge in [0, 0.05) is 6.54 Å². The fourth-order valence-corrected chi connectivity index (χ4v) is 3.96. The normalized spacial score (nSPS) is 17.6. The second kappa shape index (κ2) is 8.31. The van der Waals surface area contributed by atoms with Gasteiger partial charge in [-0.1, -0.05) is 19.1 Å². The Morgan fingerprint density at radius 1 is 1.23 bits per heavy atom. The Balaban J connectivity index is 2.10. The summed E-state index contributed by atoms with van der Waals surface area (Å²) in [6.45, 7) is 1.26. The molecule has 2 N–H and O–H groups in total. The molecule has 0 aromatic heterocycles. The lowest BCUT2D eigenvalue weighted by atomic mass is 10.0. The van der Waals surface area contributed by atoms with Gasteiger partial charge in [-0.25, -0.2) is 13.2 Å². The average molecular weight is 382 g/mol. The zero-order chi connectivity index (χ0) is 19.3. The number of carbonyl (C=O) groups is 3. The summed E-state index contributed by atoms with van der Waals surface area (Å²) in [5, 5.41) is 0. The molecule has 0 saturated carbocycles. The predicted octanol–water partition coefficient (Wildman–Crippen LogP) is 0.503. The number of likely N-dealkylation sites (tertiary alicyclic amines) is 1. The summed E-state index contributed by atoms with van der Waals surface area (Å²) >= 11 is 0. The van der Waals surface area contributed by atoms with Crippen LogP contribution in [0.3, 0.4) is 0 Å². The Kier molecular flexibility index (Phi) is 6.36. The highest BCUT2D eigenvalue weighted by molar-refractivity contribution is 7.91. The fourth-order valence-electron chi connectivity index (χ4n) is 2.88. The molecule has 2 amide bonds. The van der Waals surface area contributed by atoms with Gasteiger partial charge < -0.3 is 15.4 Å². The number of esters is 1. The van der Waals surface area contributed by atoms with Gasteiger partial charge in [0.2, 0.25) is 5.91 Å². The summed E-state index contributed by atoms with van der Waals surface area (Å²) in [6, 6.07) is 4.98. The lowest BCUT2D eigenvalue weighted by molar-refractivity contribution is -0.143. The number of primary amides is 1. The molecule has 142 valence electrons. The number of nitrogens with two attached hydrogens (primary N) is 1. The molecule has 0 aliphatic carbocycles. The minimum Gasteiger partial charge on any atom is -0.452 e. The second-order valence-electron chi connectivity index (χ2n) is 5.98. The molecule has 2 rings (SSSR count).